The minimum Gasteiger partial charge on any atom is -0.497 e. The first-order valence-electron chi connectivity index (χ1n) is 5.44. The summed E-state index contributed by atoms with van der Waals surface area (Å²) in [6, 6.07) is 12.9. The molecule has 0 amide bonds. The van der Waals surface area contributed by atoms with Crippen molar-refractivity contribution in [2.75, 3.05) is 11.8 Å². The van der Waals surface area contributed by atoms with Crippen LogP contribution in [0.1, 0.15) is 0 Å². The van der Waals surface area contributed by atoms with E-state index in [9.17, 15) is 8.42 Å². The van der Waals surface area contributed by atoms with Crippen molar-refractivity contribution in [3.63, 3.8) is 0 Å². The van der Waals surface area contributed by atoms with Crippen molar-refractivity contribution < 1.29 is 13.2 Å². The Labute approximate surface area is 117 Å². The number of benzene rings is 2. The Morgan fingerprint density at radius 3 is 2.53 bits per heavy atom. The molecule has 0 bridgehead atoms. The third-order valence-corrected chi connectivity index (χ3v) is 4.33. The number of ether oxygens (including phenoxy) is 1. The zero-order valence-corrected chi connectivity index (χ0v) is 11.7. The van der Waals surface area contributed by atoms with E-state index in [0.29, 0.717) is 11.4 Å². The molecule has 0 aliphatic heterocycles. The van der Waals surface area contributed by atoms with Crippen LogP contribution in [-0.2, 0) is 10.0 Å². The average molecular weight is 298 g/mol. The molecule has 0 aliphatic rings. The standard InChI is InChI=1S/C13H12ClNO3S/c1-18-11-6-4-5-10(9-11)15-19(16,17)13-8-3-2-7-12(13)14/h2-9,15H,1H3. The van der Waals surface area contributed by atoms with Gasteiger partial charge in [-0.05, 0) is 24.3 Å². The molecule has 0 saturated heterocycles. The number of hydrogen-bond donors (Lipinski definition) is 1. The van der Waals surface area contributed by atoms with Crippen molar-refractivity contribution in [1.82, 2.24) is 0 Å². The van der Waals surface area contributed by atoms with Gasteiger partial charge in [0.2, 0.25) is 0 Å². The molecule has 2 aromatic carbocycles. The maximum Gasteiger partial charge on any atom is 0.263 e. The van der Waals surface area contributed by atoms with Gasteiger partial charge in [-0.2, -0.15) is 0 Å². The highest BCUT2D eigenvalue weighted by molar-refractivity contribution is 7.92. The first kappa shape index (κ1) is 13.7. The summed E-state index contributed by atoms with van der Waals surface area (Å²) < 4.78 is 31.9. The van der Waals surface area contributed by atoms with Crippen LogP contribution in [0.2, 0.25) is 5.02 Å². The summed E-state index contributed by atoms with van der Waals surface area (Å²) in [6.45, 7) is 0. The average Bonchev–Trinajstić information content (AvgIpc) is 2.38. The lowest BCUT2D eigenvalue weighted by atomic mass is 10.3. The first-order chi connectivity index (χ1) is 9.03. The molecule has 0 saturated carbocycles. The molecule has 2 aromatic rings. The van der Waals surface area contributed by atoms with E-state index in [2.05, 4.69) is 4.72 Å². The molecule has 0 heterocycles. The highest BCUT2D eigenvalue weighted by Gasteiger charge is 2.17. The quantitative estimate of drug-likeness (QED) is 0.943. The van der Waals surface area contributed by atoms with Crippen molar-refractivity contribution in [3.05, 3.63) is 53.6 Å². The summed E-state index contributed by atoms with van der Waals surface area (Å²) in [5, 5.41) is 0.179. The highest BCUT2D eigenvalue weighted by Crippen LogP contribution is 2.24. The molecular formula is C13H12ClNO3S. The summed E-state index contributed by atoms with van der Waals surface area (Å²) >= 11 is 5.89. The van der Waals surface area contributed by atoms with Crippen molar-refractivity contribution in [1.29, 1.82) is 0 Å². The largest absolute Gasteiger partial charge is 0.497 e. The normalized spacial score (nSPS) is 11.1. The molecule has 0 atom stereocenters. The minimum absolute atomic E-state index is 0.0412. The van der Waals surface area contributed by atoms with Crippen LogP contribution in [0.4, 0.5) is 5.69 Å². The van der Waals surface area contributed by atoms with Crippen LogP contribution in [0.15, 0.2) is 53.4 Å². The fraction of sp³-hybridized carbons (Fsp3) is 0.0769. The zero-order valence-electron chi connectivity index (χ0n) is 10.1. The summed E-state index contributed by atoms with van der Waals surface area (Å²) in [7, 11) is -2.19. The van der Waals surface area contributed by atoms with Gasteiger partial charge in [-0.15, -0.1) is 0 Å². The van der Waals surface area contributed by atoms with Crippen molar-refractivity contribution >= 4 is 27.3 Å². The Hall–Kier alpha value is -1.72. The fourth-order valence-corrected chi connectivity index (χ4v) is 3.13. The van der Waals surface area contributed by atoms with Gasteiger partial charge in [-0.3, -0.25) is 4.72 Å². The van der Waals surface area contributed by atoms with Gasteiger partial charge in [0.15, 0.2) is 0 Å². The summed E-state index contributed by atoms with van der Waals surface area (Å²) in [5.74, 6) is 0.569. The van der Waals surface area contributed by atoms with Crippen LogP contribution in [-0.4, -0.2) is 15.5 Å². The first-order valence-corrected chi connectivity index (χ1v) is 7.30. The second-order valence-electron chi connectivity index (χ2n) is 3.77. The van der Waals surface area contributed by atoms with Gasteiger partial charge in [0.1, 0.15) is 10.6 Å². The predicted octanol–water partition coefficient (Wildman–Crippen LogP) is 3.15. The van der Waals surface area contributed by atoms with E-state index in [-0.39, 0.29) is 9.92 Å². The van der Waals surface area contributed by atoms with Crippen molar-refractivity contribution in [3.8, 4) is 5.75 Å². The number of methoxy groups -OCH3 is 1. The minimum atomic E-state index is -3.71. The highest BCUT2D eigenvalue weighted by atomic mass is 35.5. The second-order valence-corrected chi connectivity index (χ2v) is 5.83. The van der Waals surface area contributed by atoms with Gasteiger partial charge in [0.05, 0.1) is 17.8 Å². The van der Waals surface area contributed by atoms with Crippen LogP contribution in [0.5, 0.6) is 5.75 Å². The number of sulfonamides is 1. The third-order valence-electron chi connectivity index (χ3n) is 2.45. The predicted molar refractivity (Wildman–Crippen MR) is 75.3 cm³/mol. The molecule has 4 nitrogen and oxygen atoms in total. The molecule has 0 fully saturated rings. The molecule has 0 unspecified atom stereocenters. The number of anilines is 1. The van der Waals surface area contributed by atoms with Crippen LogP contribution in [0.3, 0.4) is 0 Å². The molecule has 1 N–H and O–H groups in total. The van der Waals surface area contributed by atoms with E-state index >= 15 is 0 Å². The molecule has 19 heavy (non-hydrogen) atoms. The van der Waals surface area contributed by atoms with Crippen LogP contribution in [0, 0.1) is 0 Å². The summed E-state index contributed by atoms with van der Waals surface area (Å²) in [6.07, 6.45) is 0. The number of rotatable bonds is 4. The Balaban J connectivity index is 2.34. The number of hydrogen-bond acceptors (Lipinski definition) is 3. The van der Waals surface area contributed by atoms with Gasteiger partial charge in [-0.25, -0.2) is 8.42 Å². The Morgan fingerprint density at radius 2 is 1.84 bits per heavy atom. The summed E-state index contributed by atoms with van der Waals surface area (Å²) in [4.78, 5) is 0.0412. The molecule has 0 aliphatic carbocycles. The Kier molecular flexibility index (Phi) is 3.97. The lowest BCUT2D eigenvalue weighted by Gasteiger charge is -2.10. The maximum atomic E-state index is 12.2. The smallest absolute Gasteiger partial charge is 0.263 e. The van der Waals surface area contributed by atoms with Gasteiger partial charge >= 0.3 is 0 Å². The van der Waals surface area contributed by atoms with E-state index in [4.69, 9.17) is 16.3 Å². The van der Waals surface area contributed by atoms with Crippen molar-refractivity contribution in [2.45, 2.75) is 4.90 Å². The molecule has 2 rings (SSSR count). The van der Waals surface area contributed by atoms with E-state index in [1.165, 1.54) is 19.2 Å². The van der Waals surface area contributed by atoms with E-state index in [1.54, 1.807) is 36.4 Å². The lowest BCUT2D eigenvalue weighted by molar-refractivity contribution is 0.415. The SMILES string of the molecule is COc1cccc(NS(=O)(=O)c2ccccc2Cl)c1. The monoisotopic (exact) mass is 297 g/mol. The molecule has 100 valence electrons. The molecular weight excluding hydrogens is 286 g/mol. The van der Waals surface area contributed by atoms with Gasteiger partial charge in [-0.1, -0.05) is 29.8 Å². The van der Waals surface area contributed by atoms with Crippen LogP contribution in [0.25, 0.3) is 0 Å². The molecule has 0 radical (unpaired) electrons. The van der Waals surface area contributed by atoms with E-state index in [1.807, 2.05) is 0 Å². The topological polar surface area (TPSA) is 55.4 Å². The number of nitrogens with one attached hydrogen (secondary N) is 1. The number of halogens is 1. The van der Waals surface area contributed by atoms with Gasteiger partial charge in [0, 0.05) is 6.07 Å². The van der Waals surface area contributed by atoms with Crippen LogP contribution >= 0.6 is 11.6 Å². The zero-order chi connectivity index (χ0) is 13.9. The fourth-order valence-electron chi connectivity index (χ4n) is 1.56. The third kappa shape index (κ3) is 3.19. The molecule has 0 aromatic heterocycles. The Bertz CT molecular complexity index is 686. The lowest BCUT2D eigenvalue weighted by Crippen LogP contribution is -2.13. The van der Waals surface area contributed by atoms with E-state index < -0.39 is 10.0 Å². The van der Waals surface area contributed by atoms with E-state index in [0.717, 1.165) is 0 Å². The van der Waals surface area contributed by atoms with Crippen LogP contribution < -0.4 is 9.46 Å². The van der Waals surface area contributed by atoms with Gasteiger partial charge < -0.3 is 4.74 Å². The maximum absolute atomic E-state index is 12.2. The molecule has 0 spiro atoms. The molecule has 6 heteroatoms. The second kappa shape index (κ2) is 5.50. The summed E-state index contributed by atoms with van der Waals surface area (Å²) in [5.41, 5.74) is 0.416. The van der Waals surface area contributed by atoms with Gasteiger partial charge in [0.25, 0.3) is 10.0 Å². The Morgan fingerprint density at radius 1 is 1.11 bits per heavy atom. The van der Waals surface area contributed by atoms with Crippen molar-refractivity contribution in [2.24, 2.45) is 0 Å².